The van der Waals surface area contributed by atoms with Gasteiger partial charge in [0.05, 0.1) is 30.0 Å². The second-order valence-electron chi connectivity index (χ2n) is 9.11. The third kappa shape index (κ3) is 4.82. The number of carboxylic acids is 1. The molecule has 0 aliphatic carbocycles. The van der Waals surface area contributed by atoms with Crippen LogP contribution in [0.5, 0.6) is 5.88 Å². The number of hydrogen-bond donors (Lipinski definition) is 4. The zero-order valence-electron chi connectivity index (χ0n) is 19.3. The highest BCUT2D eigenvalue weighted by atomic mass is 16.5. The van der Waals surface area contributed by atoms with Crippen LogP contribution in [-0.2, 0) is 4.79 Å². The lowest BCUT2D eigenvalue weighted by atomic mass is 9.99. The predicted molar refractivity (Wildman–Crippen MR) is 126 cm³/mol. The van der Waals surface area contributed by atoms with E-state index in [2.05, 4.69) is 33.1 Å². The Labute approximate surface area is 199 Å². The van der Waals surface area contributed by atoms with Gasteiger partial charge in [-0.25, -0.2) is 9.78 Å². The molecule has 2 amide bonds. The van der Waals surface area contributed by atoms with Gasteiger partial charge in [-0.05, 0) is 56.0 Å². The molecule has 0 bridgehead atoms. The molecule has 2 unspecified atom stereocenters. The van der Waals surface area contributed by atoms with E-state index in [0.29, 0.717) is 44.4 Å². The van der Waals surface area contributed by atoms with Crippen molar-refractivity contribution < 1.29 is 19.4 Å². The van der Waals surface area contributed by atoms with Crippen LogP contribution < -0.4 is 20.7 Å². The van der Waals surface area contributed by atoms with E-state index in [4.69, 9.17) is 4.74 Å². The van der Waals surface area contributed by atoms with E-state index in [1.807, 2.05) is 11.0 Å². The Balaban J connectivity index is 1.20. The molecule has 10 heteroatoms. The van der Waals surface area contributed by atoms with E-state index in [-0.39, 0.29) is 18.6 Å². The Hall–Kier alpha value is -3.27. The smallest absolute Gasteiger partial charge is 0.320 e. The highest BCUT2D eigenvalue weighted by molar-refractivity contribution is 5.78. The van der Waals surface area contributed by atoms with Crippen molar-refractivity contribution in [2.45, 2.75) is 44.3 Å². The average molecular weight is 469 g/mol. The van der Waals surface area contributed by atoms with Gasteiger partial charge in [0.1, 0.15) is 6.61 Å². The van der Waals surface area contributed by atoms with Crippen LogP contribution in [0.4, 0.5) is 10.5 Å². The van der Waals surface area contributed by atoms with Crippen molar-refractivity contribution in [2.24, 2.45) is 0 Å². The molecule has 0 aromatic carbocycles. The number of dihydropyridines is 1. The number of amides is 2. The second kappa shape index (κ2) is 9.92. The summed E-state index contributed by atoms with van der Waals surface area (Å²) in [5.74, 6) is -0.505. The molecule has 10 nitrogen and oxygen atoms in total. The van der Waals surface area contributed by atoms with Crippen LogP contribution in [-0.4, -0.2) is 77.4 Å². The van der Waals surface area contributed by atoms with E-state index in [1.54, 1.807) is 11.0 Å². The molecule has 4 aliphatic rings. The van der Waals surface area contributed by atoms with E-state index < -0.39 is 12.0 Å². The minimum atomic E-state index is -0.964. The highest BCUT2D eigenvalue weighted by Crippen LogP contribution is 2.32. The van der Waals surface area contributed by atoms with Crippen LogP contribution in [0.1, 0.15) is 43.8 Å². The maximum Gasteiger partial charge on any atom is 0.320 e. The van der Waals surface area contributed by atoms with Crippen LogP contribution in [0, 0.1) is 0 Å². The summed E-state index contributed by atoms with van der Waals surface area (Å²) in [4.78, 5) is 32.8. The number of fused-ring (bicyclic) bond motifs is 2. The molecule has 5 heterocycles. The van der Waals surface area contributed by atoms with Gasteiger partial charge < -0.3 is 30.3 Å². The number of urea groups is 1. The van der Waals surface area contributed by atoms with Crippen molar-refractivity contribution in [3.63, 3.8) is 0 Å². The first-order chi connectivity index (χ1) is 16.6. The zero-order valence-corrected chi connectivity index (χ0v) is 19.3. The first-order valence-corrected chi connectivity index (χ1v) is 12.1. The van der Waals surface area contributed by atoms with Crippen molar-refractivity contribution in [2.75, 3.05) is 44.6 Å². The van der Waals surface area contributed by atoms with Crippen molar-refractivity contribution in [3.05, 3.63) is 41.2 Å². The Morgan fingerprint density at radius 2 is 2.18 bits per heavy atom. The molecule has 0 spiro atoms. The highest BCUT2D eigenvalue weighted by Gasteiger charge is 2.36. The Kier molecular flexibility index (Phi) is 6.57. The number of pyridine rings is 1. The molecular formula is C24H32N6O4. The van der Waals surface area contributed by atoms with Gasteiger partial charge in [0.2, 0.25) is 5.88 Å². The number of carbonyl (C=O) groups excluding carboxylic acids is 1. The molecule has 2 saturated heterocycles. The fourth-order valence-electron chi connectivity index (χ4n) is 5.05. The lowest BCUT2D eigenvalue weighted by molar-refractivity contribution is -0.138. The van der Waals surface area contributed by atoms with Gasteiger partial charge >= 0.3 is 12.0 Å². The average Bonchev–Trinajstić information content (AvgIpc) is 3.22. The van der Waals surface area contributed by atoms with Gasteiger partial charge in [-0.1, -0.05) is 6.08 Å². The lowest BCUT2D eigenvalue weighted by Crippen LogP contribution is -2.47. The molecule has 1 aromatic rings. The number of aromatic nitrogens is 1. The molecule has 0 saturated carbocycles. The number of ether oxygens (including phenoxy) is 1. The van der Waals surface area contributed by atoms with Crippen molar-refractivity contribution in [1.82, 2.24) is 25.4 Å². The molecule has 0 radical (unpaired) electrons. The Bertz CT molecular complexity index is 1010. The number of hydrogen-bond acceptors (Lipinski definition) is 7. The summed E-state index contributed by atoms with van der Waals surface area (Å²) in [6.45, 7) is 3.93. The fraction of sp³-hybridized carbons (Fsp3) is 0.542. The topological polar surface area (TPSA) is 119 Å². The van der Waals surface area contributed by atoms with E-state index in [9.17, 15) is 14.7 Å². The summed E-state index contributed by atoms with van der Waals surface area (Å²) in [6.07, 6.45) is 8.41. The minimum absolute atomic E-state index is 0.133. The van der Waals surface area contributed by atoms with Crippen molar-refractivity contribution >= 4 is 17.7 Å². The summed E-state index contributed by atoms with van der Waals surface area (Å²) in [5, 5.41) is 19.8. The third-order valence-electron chi connectivity index (χ3n) is 6.81. The fourth-order valence-corrected chi connectivity index (χ4v) is 5.05. The molecule has 34 heavy (non-hydrogen) atoms. The molecule has 2 atom stereocenters. The number of nitrogens with one attached hydrogen (secondary N) is 3. The number of allylic oxidation sites excluding steroid dienone is 3. The summed E-state index contributed by atoms with van der Waals surface area (Å²) in [7, 11) is 0. The number of carboxylic acid groups (broad SMARTS) is 1. The standard InChI is InChI=1S/C24H32N6O4/c31-21(32)15-20(18-7-8-19-23(28-18)34-14-10-25-19)30-13-12-29(24(30)33)11-2-4-17-6-5-16-3-1-9-26-22(16)27-17/h5-8,20,22,25-27H,1-4,9-15H2,(H,31,32). The first-order valence-electron chi connectivity index (χ1n) is 12.1. The molecule has 1 aromatic heterocycles. The van der Waals surface area contributed by atoms with Crippen LogP contribution in [0.3, 0.4) is 0 Å². The molecular weight excluding hydrogens is 436 g/mol. The second-order valence-corrected chi connectivity index (χ2v) is 9.11. The van der Waals surface area contributed by atoms with Gasteiger partial charge in [-0.15, -0.1) is 0 Å². The summed E-state index contributed by atoms with van der Waals surface area (Å²) < 4.78 is 5.62. The zero-order chi connectivity index (χ0) is 23.5. The molecule has 182 valence electrons. The van der Waals surface area contributed by atoms with Crippen LogP contribution in [0.15, 0.2) is 35.6 Å². The largest absolute Gasteiger partial charge is 0.481 e. The van der Waals surface area contributed by atoms with Crippen molar-refractivity contribution in [3.8, 4) is 5.88 Å². The summed E-state index contributed by atoms with van der Waals surface area (Å²) >= 11 is 0. The quantitative estimate of drug-likeness (QED) is 0.458. The minimum Gasteiger partial charge on any atom is -0.481 e. The molecule has 4 aliphatic heterocycles. The van der Waals surface area contributed by atoms with Crippen LogP contribution in [0.2, 0.25) is 0 Å². The maximum absolute atomic E-state index is 13.2. The predicted octanol–water partition coefficient (Wildman–Crippen LogP) is 2.04. The number of nitrogens with zero attached hydrogens (tertiary/aromatic N) is 3. The molecule has 2 fully saturated rings. The summed E-state index contributed by atoms with van der Waals surface area (Å²) in [6, 6.07) is 2.86. The molecule has 5 rings (SSSR count). The number of carbonyl (C=O) groups is 2. The Morgan fingerprint density at radius 1 is 1.26 bits per heavy atom. The van der Waals surface area contributed by atoms with Gasteiger partial charge in [-0.2, -0.15) is 0 Å². The number of aliphatic carboxylic acids is 1. The van der Waals surface area contributed by atoms with Crippen LogP contribution >= 0.6 is 0 Å². The number of rotatable bonds is 8. The lowest BCUT2D eigenvalue weighted by Gasteiger charge is -2.32. The first kappa shape index (κ1) is 22.5. The van der Waals surface area contributed by atoms with Gasteiger partial charge in [0.15, 0.2) is 0 Å². The van der Waals surface area contributed by atoms with Crippen molar-refractivity contribution in [1.29, 1.82) is 0 Å². The van der Waals surface area contributed by atoms with Crippen LogP contribution in [0.25, 0.3) is 0 Å². The van der Waals surface area contributed by atoms with Gasteiger partial charge in [0.25, 0.3) is 0 Å². The third-order valence-corrected chi connectivity index (χ3v) is 6.81. The number of piperidine rings is 1. The van der Waals surface area contributed by atoms with E-state index >= 15 is 0 Å². The normalized spacial score (nSPS) is 22.5. The Morgan fingerprint density at radius 3 is 3.06 bits per heavy atom. The van der Waals surface area contributed by atoms with E-state index in [0.717, 1.165) is 31.5 Å². The van der Waals surface area contributed by atoms with Gasteiger partial charge in [-0.3, -0.25) is 10.1 Å². The summed E-state index contributed by atoms with van der Waals surface area (Å²) in [5.41, 5.74) is 3.91. The SMILES string of the molecule is O=C(O)CC(c1ccc2c(n1)OCCN2)N1CCN(CCCC2=CC=C3CCCNC3N2)C1=O. The maximum atomic E-state index is 13.2. The van der Waals surface area contributed by atoms with Gasteiger partial charge in [0, 0.05) is 31.9 Å². The molecule has 4 N–H and O–H groups in total. The van der Waals surface area contributed by atoms with E-state index in [1.165, 1.54) is 17.7 Å². The number of anilines is 1. The monoisotopic (exact) mass is 468 g/mol.